The highest BCUT2D eigenvalue weighted by atomic mass is 35.5. The lowest BCUT2D eigenvalue weighted by Gasteiger charge is -2.31. The second-order valence-electron chi connectivity index (χ2n) is 6.42. The Bertz CT molecular complexity index is 905. The maximum atomic E-state index is 12.5. The van der Waals surface area contributed by atoms with Gasteiger partial charge in [0.1, 0.15) is 0 Å². The second kappa shape index (κ2) is 7.99. The minimum absolute atomic E-state index is 0.230. The van der Waals surface area contributed by atoms with Crippen molar-refractivity contribution in [3.8, 4) is 0 Å². The molecule has 2 aromatic carbocycles. The van der Waals surface area contributed by atoms with Crippen LogP contribution in [0.3, 0.4) is 0 Å². The average Bonchev–Trinajstić information content (AvgIpc) is 3.10. The van der Waals surface area contributed by atoms with E-state index in [1.54, 1.807) is 23.1 Å². The lowest BCUT2D eigenvalue weighted by atomic mass is 9.97. The Morgan fingerprint density at radius 1 is 1.19 bits per heavy atom. The molecular formula is C20H19ClN2OS2. The largest absolute Gasteiger partial charge is 0.342 e. The van der Waals surface area contributed by atoms with Crippen LogP contribution in [0.1, 0.15) is 23.8 Å². The normalized spacial score (nSPS) is 15.5. The van der Waals surface area contributed by atoms with Crippen molar-refractivity contribution in [3.05, 3.63) is 58.6 Å². The zero-order valence-electron chi connectivity index (χ0n) is 14.2. The van der Waals surface area contributed by atoms with E-state index in [2.05, 4.69) is 0 Å². The number of likely N-dealkylation sites (tertiary alicyclic amines) is 1. The summed E-state index contributed by atoms with van der Waals surface area (Å²) in [4.78, 5) is 20.4. The summed E-state index contributed by atoms with van der Waals surface area (Å²) in [7, 11) is 0. The van der Waals surface area contributed by atoms with Gasteiger partial charge in [0.2, 0.25) is 5.91 Å². The van der Waals surface area contributed by atoms with E-state index in [1.807, 2.05) is 53.4 Å². The fourth-order valence-corrected chi connectivity index (χ4v) is 5.33. The second-order valence-corrected chi connectivity index (χ2v) is 8.97. The summed E-state index contributed by atoms with van der Waals surface area (Å²) in [6.45, 7) is 1.63. The number of amides is 1. The molecule has 1 amide bonds. The molecule has 26 heavy (non-hydrogen) atoms. The van der Waals surface area contributed by atoms with Gasteiger partial charge in [-0.2, -0.15) is 0 Å². The molecular weight excluding hydrogens is 384 g/mol. The molecule has 0 unspecified atom stereocenters. The highest BCUT2D eigenvalue weighted by Gasteiger charge is 2.25. The van der Waals surface area contributed by atoms with Crippen molar-refractivity contribution in [2.75, 3.05) is 18.8 Å². The Balaban J connectivity index is 1.33. The Labute approximate surface area is 166 Å². The zero-order valence-corrected chi connectivity index (χ0v) is 16.6. The van der Waals surface area contributed by atoms with Crippen LogP contribution in [0.2, 0.25) is 5.02 Å². The van der Waals surface area contributed by atoms with E-state index in [0.717, 1.165) is 41.4 Å². The van der Waals surface area contributed by atoms with Crippen molar-refractivity contribution in [2.45, 2.75) is 23.7 Å². The van der Waals surface area contributed by atoms with Crippen LogP contribution >= 0.6 is 34.7 Å². The fourth-order valence-electron chi connectivity index (χ4n) is 3.22. The van der Waals surface area contributed by atoms with E-state index in [1.165, 1.54) is 9.71 Å². The summed E-state index contributed by atoms with van der Waals surface area (Å²) in [5.74, 6) is 1.18. The number of piperidine rings is 1. The van der Waals surface area contributed by atoms with E-state index in [4.69, 9.17) is 16.6 Å². The molecule has 1 aromatic heterocycles. The number of aromatic nitrogens is 1. The first-order chi connectivity index (χ1) is 12.7. The highest BCUT2D eigenvalue weighted by molar-refractivity contribution is 8.00. The number of thiazole rings is 1. The Morgan fingerprint density at radius 3 is 2.73 bits per heavy atom. The Morgan fingerprint density at radius 2 is 1.96 bits per heavy atom. The quantitative estimate of drug-likeness (QED) is 0.544. The van der Waals surface area contributed by atoms with Gasteiger partial charge in [0.05, 0.1) is 21.0 Å². The molecule has 0 atom stereocenters. The minimum atomic E-state index is 0.230. The van der Waals surface area contributed by atoms with Gasteiger partial charge in [-0.15, -0.1) is 23.1 Å². The first kappa shape index (κ1) is 17.8. The van der Waals surface area contributed by atoms with Crippen LogP contribution in [0, 0.1) is 0 Å². The van der Waals surface area contributed by atoms with Gasteiger partial charge < -0.3 is 4.90 Å². The number of fused-ring (bicyclic) bond motifs is 1. The van der Waals surface area contributed by atoms with Crippen LogP contribution in [-0.2, 0) is 4.79 Å². The Hall–Kier alpha value is -1.56. The molecule has 3 nitrogen and oxygen atoms in total. The molecule has 1 fully saturated rings. The van der Waals surface area contributed by atoms with Crippen LogP contribution in [0.25, 0.3) is 10.2 Å². The maximum Gasteiger partial charge on any atom is 0.232 e. The summed E-state index contributed by atoms with van der Waals surface area (Å²) in [6, 6.07) is 16.0. The highest BCUT2D eigenvalue weighted by Crippen LogP contribution is 2.34. The summed E-state index contributed by atoms with van der Waals surface area (Å²) in [6.07, 6.45) is 1.96. The summed E-state index contributed by atoms with van der Waals surface area (Å²) < 4.78 is 1.18. The van der Waals surface area contributed by atoms with Crippen LogP contribution < -0.4 is 0 Å². The Kier molecular flexibility index (Phi) is 5.48. The van der Waals surface area contributed by atoms with Crippen LogP contribution in [-0.4, -0.2) is 34.6 Å². The van der Waals surface area contributed by atoms with Crippen molar-refractivity contribution < 1.29 is 4.79 Å². The number of thioether (sulfide) groups is 1. The number of benzene rings is 2. The monoisotopic (exact) mass is 402 g/mol. The number of rotatable bonds is 4. The number of carbonyl (C=O) groups excluding carboxylic acids is 1. The van der Waals surface area contributed by atoms with Gasteiger partial charge in [-0.1, -0.05) is 29.8 Å². The number of carbonyl (C=O) groups is 1. The van der Waals surface area contributed by atoms with Gasteiger partial charge in [-0.3, -0.25) is 4.79 Å². The first-order valence-electron chi connectivity index (χ1n) is 8.70. The molecule has 3 aromatic rings. The number of hydrogen-bond acceptors (Lipinski definition) is 4. The average molecular weight is 403 g/mol. The van der Waals surface area contributed by atoms with Gasteiger partial charge in [-0.25, -0.2) is 4.98 Å². The van der Waals surface area contributed by atoms with E-state index in [0.29, 0.717) is 11.7 Å². The lowest BCUT2D eigenvalue weighted by molar-refractivity contribution is -0.129. The molecule has 0 radical (unpaired) electrons. The topological polar surface area (TPSA) is 33.2 Å². The third kappa shape index (κ3) is 4.05. The molecule has 6 heteroatoms. The van der Waals surface area contributed by atoms with Crippen molar-refractivity contribution >= 4 is 50.8 Å². The van der Waals surface area contributed by atoms with Crippen LogP contribution in [0.5, 0.6) is 0 Å². The van der Waals surface area contributed by atoms with Crippen LogP contribution in [0.15, 0.2) is 53.4 Å². The van der Waals surface area contributed by atoms with Gasteiger partial charge in [0, 0.05) is 28.9 Å². The predicted molar refractivity (Wildman–Crippen MR) is 110 cm³/mol. The van der Waals surface area contributed by atoms with Gasteiger partial charge in [-0.05, 0) is 43.2 Å². The van der Waals surface area contributed by atoms with Crippen molar-refractivity contribution in [3.63, 3.8) is 0 Å². The summed E-state index contributed by atoms with van der Waals surface area (Å²) in [5, 5.41) is 1.90. The third-order valence-electron chi connectivity index (χ3n) is 4.67. The van der Waals surface area contributed by atoms with E-state index in [9.17, 15) is 4.79 Å². The molecule has 1 aliphatic rings. The number of halogens is 1. The first-order valence-corrected chi connectivity index (χ1v) is 10.9. The SMILES string of the molecule is O=C(CSc1ccccc1)N1CCC(c2nc3cc(Cl)ccc3s2)CC1. The molecule has 2 heterocycles. The van der Waals surface area contributed by atoms with Gasteiger partial charge in [0.25, 0.3) is 0 Å². The molecule has 0 aliphatic carbocycles. The third-order valence-corrected chi connectivity index (χ3v) is 7.10. The molecule has 0 N–H and O–H groups in total. The molecule has 0 saturated carbocycles. The number of hydrogen-bond donors (Lipinski definition) is 0. The van der Waals surface area contributed by atoms with E-state index < -0.39 is 0 Å². The predicted octanol–water partition coefficient (Wildman–Crippen LogP) is 5.45. The zero-order chi connectivity index (χ0) is 17.9. The van der Waals surface area contributed by atoms with E-state index >= 15 is 0 Å². The van der Waals surface area contributed by atoms with Crippen molar-refractivity contribution in [2.24, 2.45) is 0 Å². The fraction of sp³-hybridized carbons (Fsp3) is 0.300. The molecule has 4 rings (SSSR count). The standard InChI is InChI=1S/C20H19ClN2OS2/c21-15-6-7-18-17(12-15)22-20(26-18)14-8-10-23(11-9-14)19(24)13-25-16-4-2-1-3-5-16/h1-7,12,14H,8-11,13H2. The molecule has 1 saturated heterocycles. The number of nitrogens with zero attached hydrogens (tertiary/aromatic N) is 2. The van der Waals surface area contributed by atoms with Gasteiger partial charge >= 0.3 is 0 Å². The minimum Gasteiger partial charge on any atom is -0.342 e. The maximum absolute atomic E-state index is 12.5. The molecule has 134 valence electrons. The summed E-state index contributed by atoms with van der Waals surface area (Å²) >= 11 is 9.42. The molecule has 0 bridgehead atoms. The molecule has 1 aliphatic heterocycles. The van der Waals surface area contributed by atoms with E-state index in [-0.39, 0.29) is 5.91 Å². The smallest absolute Gasteiger partial charge is 0.232 e. The van der Waals surface area contributed by atoms with Crippen molar-refractivity contribution in [1.29, 1.82) is 0 Å². The summed E-state index contributed by atoms with van der Waals surface area (Å²) in [5.41, 5.74) is 0.982. The van der Waals surface area contributed by atoms with Crippen LogP contribution in [0.4, 0.5) is 0 Å². The van der Waals surface area contributed by atoms with Gasteiger partial charge in [0.15, 0.2) is 0 Å². The van der Waals surface area contributed by atoms with Crippen molar-refractivity contribution in [1.82, 2.24) is 9.88 Å². The lowest BCUT2D eigenvalue weighted by Crippen LogP contribution is -2.38. The molecule has 0 spiro atoms.